The van der Waals surface area contributed by atoms with Crippen LogP contribution in [0.1, 0.15) is 134 Å². The number of carboxylic acid groups (broad SMARTS) is 2. The van der Waals surface area contributed by atoms with Crippen LogP contribution in [-0.2, 0) is 59.0 Å². The number of aliphatic hydroxyl groups excluding tert-OH is 7. The van der Waals surface area contributed by atoms with E-state index in [-0.39, 0.29) is 40.4 Å². The summed E-state index contributed by atoms with van der Waals surface area (Å²) in [5.41, 5.74) is -3.33. The van der Waals surface area contributed by atoms with Gasteiger partial charge >= 0.3 is 11.9 Å². The minimum absolute atomic E-state index is 0.150. The zero-order valence-electron chi connectivity index (χ0n) is 64.4. The largest absolute Gasteiger partial charge is 0.508 e. The monoisotopic (exact) mass is 1720 g/mol. The highest BCUT2D eigenvalue weighted by Crippen LogP contribution is 2.50. The molecule has 7 aromatic rings. The van der Waals surface area contributed by atoms with Crippen LogP contribution in [0.15, 0.2) is 115 Å². The fourth-order valence-electron chi connectivity index (χ4n) is 15.0. The van der Waals surface area contributed by atoms with Crippen LogP contribution in [0, 0.1) is 5.92 Å². The van der Waals surface area contributed by atoms with Gasteiger partial charge in [0.05, 0.1) is 16.7 Å². The zero-order valence-corrected chi connectivity index (χ0v) is 65.9. The molecule has 9 heterocycles. The van der Waals surface area contributed by atoms with Crippen molar-refractivity contribution in [3.8, 4) is 80.1 Å². The number of halogens is 2. The summed E-state index contributed by atoms with van der Waals surface area (Å²) >= 11 is 14.2. The number of aliphatic carboxylic acids is 2. The molecule has 16 rings (SSSR count). The van der Waals surface area contributed by atoms with Gasteiger partial charge in [0.2, 0.25) is 59.7 Å². The maximum atomic E-state index is 16.7. The number of aliphatic hydroxyl groups is 7. The van der Waals surface area contributed by atoms with Crippen molar-refractivity contribution in [1.29, 1.82) is 0 Å². The lowest BCUT2D eigenvalue weighted by molar-refractivity contribution is -0.277. The normalized spacial score (nSPS) is 26.6. The number of nitrogens with one attached hydrogen (secondary N) is 8. The Kier molecular flexibility index (Phi) is 26.3. The van der Waals surface area contributed by atoms with E-state index in [0.717, 1.165) is 98.5 Å². The number of aromatic hydroxyl groups is 4. The first-order valence-electron chi connectivity index (χ1n) is 38.4. The third-order valence-electron chi connectivity index (χ3n) is 21.4. The summed E-state index contributed by atoms with van der Waals surface area (Å²) in [4.78, 5) is 136. The minimum atomic E-state index is -2.47. The molecule has 1 unspecified atom stereocenters. The van der Waals surface area contributed by atoms with Crippen LogP contribution in [0.4, 0.5) is 0 Å². The molecule has 9 aliphatic heterocycles. The molecule has 0 radical (unpaired) electrons. The number of likely N-dealkylation sites (N-methyl/N-ethyl adjacent to an activating group) is 1. The third-order valence-corrected chi connectivity index (χ3v) is 22.1. The van der Waals surface area contributed by atoms with E-state index < -0.39 is 271 Å². The van der Waals surface area contributed by atoms with Gasteiger partial charge in [0.15, 0.2) is 35.1 Å². The van der Waals surface area contributed by atoms with E-state index >= 15 is 24.0 Å². The summed E-state index contributed by atoms with van der Waals surface area (Å²) in [5.74, 6) is -19.1. The zero-order chi connectivity index (χ0) is 86.9. The predicted octanol–water partition coefficient (Wildman–Crippen LogP) is 3.79. The molecule has 0 spiro atoms. The summed E-state index contributed by atoms with van der Waals surface area (Å²) in [6, 6.07) is 4.37. The van der Waals surface area contributed by atoms with Crippen molar-refractivity contribution in [3.05, 3.63) is 164 Å². The van der Waals surface area contributed by atoms with Crippen molar-refractivity contribution < 1.29 is 143 Å². The summed E-state index contributed by atoms with van der Waals surface area (Å²) in [7, 11) is 1.41. The number of benzene rings is 7. The highest BCUT2D eigenvalue weighted by molar-refractivity contribution is 6.33. The van der Waals surface area contributed by atoms with Crippen LogP contribution in [0.5, 0.6) is 69.0 Å². The molecule has 642 valence electrons. The van der Waals surface area contributed by atoms with Crippen molar-refractivity contribution >= 4 is 76.5 Å². The van der Waals surface area contributed by atoms with Gasteiger partial charge in [-0.3, -0.25) is 33.6 Å². The molecule has 7 amide bonds. The molecule has 9 aliphatic rings. The molecule has 0 aromatic heterocycles. The molecular formula is C82H86Cl2N8O29. The second-order valence-corrected chi connectivity index (χ2v) is 31.0. The molecule has 0 saturated carbocycles. The quantitative estimate of drug-likeness (QED) is 0.0577. The van der Waals surface area contributed by atoms with Crippen molar-refractivity contribution in [3.63, 3.8) is 0 Å². The lowest BCUT2D eigenvalue weighted by atomic mass is 9.89. The van der Waals surface area contributed by atoms with E-state index in [2.05, 4.69) is 56.4 Å². The van der Waals surface area contributed by atoms with Gasteiger partial charge in [0.1, 0.15) is 125 Å². The van der Waals surface area contributed by atoms with E-state index in [1.165, 1.54) is 49.5 Å². The SMILES string of the molecule is CN[C@H]1C(=O)N[C@@H]2Cc3ccc(cc3)Oc3cc4cc(c3O[C@@H]3O[C@H](C(=O)O)[C@@H](O)[C@H](O)[C@H]3NC(=O)CCCCCCCC(C)C)Oc3ccc(cc3Cl)[C@@H](O)[C@@H]3NC(=O)[C@H](NC(=O)[C@@H]4NC(=O)[C@@H](NC2=O)c2cc(cc(O)c2Cl)Oc2ccc1cc2O)c1ccc(O)c(c1)-c1c(O[C@H]2O[C@H](CO)[C@@H](O)[C@H](O)[C@@H]2O)cc(O)cc1C(C(=O)O)NC3=O. The van der Waals surface area contributed by atoms with Gasteiger partial charge in [0, 0.05) is 47.2 Å². The van der Waals surface area contributed by atoms with E-state index in [0.29, 0.717) is 18.8 Å². The summed E-state index contributed by atoms with van der Waals surface area (Å²) < 4.78 is 43.9. The molecule has 2 fully saturated rings. The number of phenolic OH excluding ortho intramolecular Hbond substituents is 4. The maximum absolute atomic E-state index is 16.7. The minimum Gasteiger partial charge on any atom is -0.508 e. The number of ether oxygens (including phenoxy) is 7. The van der Waals surface area contributed by atoms with Crippen LogP contribution in [0.25, 0.3) is 11.1 Å². The van der Waals surface area contributed by atoms with Crippen LogP contribution in [-0.4, -0.2) is 207 Å². The van der Waals surface area contributed by atoms with Crippen LogP contribution < -0.4 is 66.2 Å². The Morgan fingerprint density at radius 1 is 0.537 bits per heavy atom. The van der Waals surface area contributed by atoms with Crippen LogP contribution in [0.3, 0.4) is 0 Å². The lowest BCUT2D eigenvalue weighted by Gasteiger charge is -2.41. The fraction of sp³-hybridized carbons (Fsp3) is 0.378. The molecule has 21 N–H and O–H groups in total. The van der Waals surface area contributed by atoms with Crippen molar-refractivity contribution in [2.75, 3.05) is 13.7 Å². The molecular weight excluding hydrogens is 1630 g/mol. The second kappa shape index (κ2) is 36.6. The van der Waals surface area contributed by atoms with E-state index in [9.17, 15) is 85.6 Å². The summed E-state index contributed by atoms with van der Waals surface area (Å²) in [6.45, 7) is 3.21. The molecule has 17 bridgehead atoms. The Balaban J connectivity index is 1.04. The number of carbonyl (C=O) groups is 9. The lowest BCUT2D eigenvalue weighted by Crippen LogP contribution is -2.66. The van der Waals surface area contributed by atoms with E-state index in [4.69, 9.17) is 56.4 Å². The standard InChI is InChI=1S/C82H86Cl2N8O29/c1-32(2)9-7-5-4-6-8-10-55(98)87-64-67(101)69(103)72(80(113)114)121-81(64)120-71-52-25-37-26-53(71)117-49-19-15-36(23-44(49)83)65(99)63-78(110)91-62(79(111)112)42-27-38(94)28-51(118-82-70(104)68(102)66(100)54(31-93)119-82)56(42)41-22-34(13-18-46(41)95)59(75(107)92-63)88-76(108)60(37)89-77(109)61-43-29-40(30-48(97)57(43)84)116-50-20-14-35(24-47(50)96)58(85-3)74(106)86-45(73(105)90-61)21-33-11-16-39(115-52)17-12-33/h11-20,22-30,32,45,54,58-70,72,81-82,85,93-97,99-104H,4-10,21,31H2,1-3H3,(H,86,106)(H,87,98)(H,88,108)(H,89,109)(H,90,105)(H,91,110)(H,92,107)(H,111,112)(H,113,114)/t45-,54-,58-,59-,60-,61+,62?,63+,64-,65-,66-,67-,68+,69+,70+,72+,81-,82+/m1/s1. The Morgan fingerprint density at radius 2 is 1.19 bits per heavy atom. The molecule has 121 heavy (non-hydrogen) atoms. The first-order valence-corrected chi connectivity index (χ1v) is 39.2. The number of carbonyl (C=O) groups excluding carboxylic acids is 7. The molecule has 39 heteroatoms. The maximum Gasteiger partial charge on any atom is 0.335 e. The molecule has 0 aliphatic carbocycles. The number of phenols is 4. The van der Waals surface area contributed by atoms with Gasteiger partial charge in [-0.25, -0.2) is 9.59 Å². The Labute approximate surface area is 697 Å². The number of unbranched alkanes of at least 4 members (excludes halogenated alkanes) is 4. The summed E-state index contributed by atoms with van der Waals surface area (Å²) in [6.07, 6.45) is -17.5. The average molecular weight is 1720 g/mol. The third kappa shape index (κ3) is 18.7. The second-order valence-electron chi connectivity index (χ2n) is 30.2. The van der Waals surface area contributed by atoms with Crippen LogP contribution >= 0.6 is 23.2 Å². The molecule has 37 nitrogen and oxygen atoms in total. The smallest absolute Gasteiger partial charge is 0.335 e. The summed E-state index contributed by atoms with van der Waals surface area (Å²) in [5, 5.41) is 167. The predicted molar refractivity (Wildman–Crippen MR) is 419 cm³/mol. The molecule has 2 saturated heterocycles. The van der Waals surface area contributed by atoms with Crippen molar-refractivity contribution in [1.82, 2.24) is 42.5 Å². The Bertz CT molecular complexity index is 5180. The Morgan fingerprint density at radius 3 is 1.88 bits per heavy atom. The topological polar surface area (TPSA) is 577 Å². The number of amides is 7. The average Bonchev–Trinajstić information content (AvgIpc) is 0.792. The Hall–Kier alpha value is -11.9. The van der Waals surface area contributed by atoms with Crippen LogP contribution in [0.2, 0.25) is 10.0 Å². The van der Waals surface area contributed by atoms with Gasteiger partial charge in [0.25, 0.3) is 0 Å². The van der Waals surface area contributed by atoms with Gasteiger partial charge in [-0.1, -0.05) is 99.5 Å². The highest BCUT2D eigenvalue weighted by Gasteiger charge is 2.52. The first-order chi connectivity index (χ1) is 57.7. The number of hydrogen-bond donors (Lipinski definition) is 21. The van der Waals surface area contributed by atoms with Gasteiger partial charge in [-0.2, -0.15) is 0 Å². The van der Waals surface area contributed by atoms with Crippen molar-refractivity contribution in [2.45, 2.75) is 175 Å². The molecule has 7 aromatic carbocycles. The molecule has 18 atom stereocenters. The number of fused-ring (bicyclic) bond motifs is 14. The van der Waals surface area contributed by atoms with E-state index in [1.54, 1.807) is 0 Å². The van der Waals surface area contributed by atoms with Gasteiger partial charge < -0.3 is 142 Å². The number of hydrogen-bond acceptors (Lipinski definition) is 28. The van der Waals surface area contributed by atoms with Crippen molar-refractivity contribution in [2.24, 2.45) is 5.92 Å². The number of carboxylic acids is 2. The first kappa shape index (κ1) is 87.0. The fourth-order valence-corrected chi connectivity index (χ4v) is 15.5. The van der Waals surface area contributed by atoms with Gasteiger partial charge in [-0.05, 0) is 120 Å². The highest BCUT2D eigenvalue weighted by atomic mass is 35.5. The van der Waals surface area contributed by atoms with E-state index in [1.807, 2.05) is 0 Å². The van der Waals surface area contributed by atoms with Gasteiger partial charge in [-0.15, -0.1) is 0 Å². The number of rotatable bonds is 17.